The van der Waals surface area contributed by atoms with Gasteiger partial charge in [0.1, 0.15) is 17.5 Å². The predicted octanol–water partition coefficient (Wildman–Crippen LogP) is 2.88. The monoisotopic (exact) mass is 292 g/mol. The summed E-state index contributed by atoms with van der Waals surface area (Å²) < 4.78 is 0. The predicted molar refractivity (Wildman–Crippen MR) is 86.8 cm³/mol. The first-order valence-electron chi connectivity index (χ1n) is 8.04. The van der Waals surface area contributed by atoms with Crippen molar-refractivity contribution in [1.29, 1.82) is 0 Å². The lowest BCUT2D eigenvalue weighted by Crippen LogP contribution is -2.36. The van der Waals surface area contributed by atoms with E-state index in [1.165, 1.54) is 19.3 Å². The zero-order valence-corrected chi connectivity index (χ0v) is 13.5. The molecule has 2 rings (SSSR count). The molecule has 0 atom stereocenters. The number of hydrogen-bond acceptors (Lipinski definition) is 5. The fourth-order valence-electron chi connectivity index (χ4n) is 3.10. The third-order valence-electron chi connectivity index (χ3n) is 4.48. The van der Waals surface area contributed by atoms with E-state index >= 15 is 0 Å². The van der Waals surface area contributed by atoms with Crippen LogP contribution in [0.5, 0.6) is 0 Å². The molecule has 21 heavy (non-hydrogen) atoms. The van der Waals surface area contributed by atoms with E-state index in [4.69, 9.17) is 0 Å². The molecule has 1 aromatic rings. The zero-order chi connectivity index (χ0) is 15.3. The average molecular weight is 292 g/mol. The van der Waals surface area contributed by atoms with Gasteiger partial charge in [0, 0.05) is 24.1 Å². The van der Waals surface area contributed by atoms with Gasteiger partial charge in [-0.1, -0.05) is 19.3 Å². The summed E-state index contributed by atoms with van der Waals surface area (Å²) in [4.78, 5) is 8.97. The fourth-order valence-corrected chi connectivity index (χ4v) is 3.10. The molecule has 118 valence electrons. The van der Waals surface area contributed by atoms with Crippen LogP contribution in [0.25, 0.3) is 0 Å². The lowest BCUT2D eigenvalue weighted by atomic mass is 9.74. The number of aliphatic hydroxyl groups is 1. The van der Waals surface area contributed by atoms with Gasteiger partial charge >= 0.3 is 0 Å². The molecule has 1 aliphatic rings. The molecule has 3 N–H and O–H groups in total. The highest BCUT2D eigenvalue weighted by Gasteiger charge is 2.31. The van der Waals surface area contributed by atoms with Crippen molar-refractivity contribution in [3.05, 3.63) is 11.4 Å². The van der Waals surface area contributed by atoms with E-state index in [1.54, 1.807) is 0 Å². The quantitative estimate of drug-likeness (QED) is 0.752. The van der Waals surface area contributed by atoms with Crippen LogP contribution in [0.3, 0.4) is 0 Å². The third-order valence-corrected chi connectivity index (χ3v) is 4.48. The van der Waals surface area contributed by atoms with E-state index in [1.807, 2.05) is 13.8 Å². The minimum absolute atomic E-state index is 0.0158. The molecule has 0 saturated heterocycles. The van der Waals surface area contributed by atoms with Gasteiger partial charge in [-0.05, 0) is 33.6 Å². The lowest BCUT2D eigenvalue weighted by molar-refractivity contribution is 0.0943. The minimum atomic E-state index is 0.0158. The van der Waals surface area contributed by atoms with Crippen LogP contribution in [0.4, 0.5) is 11.6 Å². The molecule has 1 aliphatic carbocycles. The summed E-state index contributed by atoms with van der Waals surface area (Å²) in [6.07, 6.45) is 5.91. The number of rotatable bonds is 6. The number of anilines is 2. The molecule has 0 aromatic carbocycles. The summed E-state index contributed by atoms with van der Waals surface area (Å²) in [5, 5.41) is 16.5. The smallest absolute Gasteiger partial charge is 0.134 e. The largest absolute Gasteiger partial charge is 0.396 e. The summed E-state index contributed by atoms with van der Waals surface area (Å²) in [6, 6.07) is 0. The second kappa shape index (κ2) is 7.07. The van der Waals surface area contributed by atoms with Gasteiger partial charge in [0.15, 0.2) is 0 Å². The first-order valence-corrected chi connectivity index (χ1v) is 8.04. The molecular weight excluding hydrogens is 264 g/mol. The van der Waals surface area contributed by atoms with Crippen LogP contribution < -0.4 is 10.6 Å². The summed E-state index contributed by atoms with van der Waals surface area (Å²) >= 11 is 0. The Balaban J connectivity index is 2.11. The van der Waals surface area contributed by atoms with Crippen molar-refractivity contribution < 1.29 is 5.11 Å². The number of nitrogens with zero attached hydrogens (tertiary/aromatic N) is 2. The van der Waals surface area contributed by atoms with Crippen molar-refractivity contribution in [2.45, 2.75) is 52.9 Å². The van der Waals surface area contributed by atoms with Crippen LogP contribution in [0.15, 0.2) is 0 Å². The van der Waals surface area contributed by atoms with E-state index in [0.29, 0.717) is 0 Å². The Morgan fingerprint density at radius 1 is 1.05 bits per heavy atom. The van der Waals surface area contributed by atoms with Gasteiger partial charge < -0.3 is 15.7 Å². The van der Waals surface area contributed by atoms with Gasteiger partial charge in [0.25, 0.3) is 0 Å². The van der Waals surface area contributed by atoms with Crippen LogP contribution >= 0.6 is 0 Å². The highest BCUT2D eigenvalue weighted by atomic mass is 16.3. The second-order valence-corrected chi connectivity index (χ2v) is 6.20. The molecule has 0 spiro atoms. The summed E-state index contributed by atoms with van der Waals surface area (Å²) in [5.41, 5.74) is 1.06. The third kappa shape index (κ3) is 3.84. The van der Waals surface area contributed by atoms with Crippen molar-refractivity contribution in [2.24, 2.45) is 5.41 Å². The first kappa shape index (κ1) is 16.0. The zero-order valence-electron chi connectivity index (χ0n) is 13.5. The van der Waals surface area contributed by atoms with E-state index in [0.717, 1.165) is 49.0 Å². The highest BCUT2D eigenvalue weighted by molar-refractivity contribution is 5.57. The lowest BCUT2D eigenvalue weighted by Gasteiger charge is -2.36. The Hall–Kier alpha value is -1.36. The first-order chi connectivity index (χ1) is 10.1. The second-order valence-electron chi connectivity index (χ2n) is 6.20. The van der Waals surface area contributed by atoms with Gasteiger partial charge in [-0.2, -0.15) is 0 Å². The fraction of sp³-hybridized carbons (Fsp3) is 0.750. The Morgan fingerprint density at radius 3 is 2.24 bits per heavy atom. The Morgan fingerprint density at radius 2 is 1.67 bits per heavy atom. The van der Waals surface area contributed by atoms with Gasteiger partial charge in [-0.25, -0.2) is 9.97 Å². The molecule has 0 radical (unpaired) electrons. The maximum absolute atomic E-state index is 9.80. The summed E-state index contributed by atoms with van der Waals surface area (Å²) in [5.74, 6) is 2.55. The number of aryl methyl sites for hydroxylation is 1. The molecule has 0 unspecified atom stereocenters. The molecule has 0 amide bonds. The minimum Gasteiger partial charge on any atom is -0.396 e. The molecule has 0 aliphatic heterocycles. The van der Waals surface area contributed by atoms with Crippen molar-refractivity contribution in [1.82, 2.24) is 9.97 Å². The Labute approximate surface area is 127 Å². The van der Waals surface area contributed by atoms with E-state index in [-0.39, 0.29) is 12.0 Å². The topological polar surface area (TPSA) is 70.1 Å². The molecule has 1 saturated carbocycles. The van der Waals surface area contributed by atoms with Crippen molar-refractivity contribution in [3.8, 4) is 0 Å². The van der Waals surface area contributed by atoms with Gasteiger partial charge in [0.2, 0.25) is 0 Å². The molecule has 0 bridgehead atoms. The SMILES string of the molecule is CCNc1nc(C)nc(NCC2(CO)CCCCC2)c1C. The van der Waals surface area contributed by atoms with E-state index in [2.05, 4.69) is 27.5 Å². The van der Waals surface area contributed by atoms with Crippen LogP contribution in [0.2, 0.25) is 0 Å². The van der Waals surface area contributed by atoms with Crippen LogP contribution in [0.1, 0.15) is 50.4 Å². The normalized spacial score (nSPS) is 17.5. The molecule has 5 nitrogen and oxygen atoms in total. The highest BCUT2D eigenvalue weighted by Crippen LogP contribution is 2.36. The molecule has 5 heteroatoms. The van der Waals surface area contributed by atoms with Crippen LogP contribution in [0, 0.1) is 19.3 Å². The van der Waals surface area contributed by atoms with Crippen LogP contribution in [-0.4, -0.2) is 34.8 Å². The van der Waals surface area contributed by atoms with Gasteiger partial charge in [0.05, 0.1) is 6.61 Å². The van der Waals surface area contributed by atoms with Crippen molar-refractivity contribution >= 4 is 11.6 Å². The number of hydrogen-bond donors (Lipinski definition) is 3. The van der Waals surface area contributed by atoms with Gasteiger partial charge in [-0.15, -0.1) is 0 Å². The van der Waals surface area contributed by atoms with Crippen molar-refractivity contribution in [3.63, 3.8) is 0 Å². The Kier molecular flexibility index (Phi) is 5.39. The van der Waals surface area contributed by atoms with Gasteiger partial charge in [-0.3, -0.25) is 0 Å². The number of aromatic nitrogens is 2. The van der Waals surface area contributed by atoms with E-state index < -0.39 is 0 Å². The number of aliphatic hydroxyl groups excluding tert-OH is 1. The van der Waals surface area contributed by atoms with Crippen molar-refractivity contribution in [2.75, 3.05) is 30.3 Å². The van der Waals surface area contributed by atoms with Crippen LogP contribution in [-0.2, 0) is 0 Å². The maximum atomic E-state index is 9.80. The molecule has 1 heterocycles. The maximum Gasteiger partial charge on any atom is 0.134 e. The standard InChI is InChI=1S/C16H28N4O/c1-4-17-14-12(2)15(20-13(3)19-14)18-10-16(11-21)8-6-5-7-9-16/h21H,4-11H2,1-3H3,(H2,17,18,19,20). The summed E-state index contributed by atoms with van der Waals surface area (Å²) in [6.45, 7) is 7.89. The van der Waals surface area contributed by atoms with E-state index in [9.17, 15) is 5.11 Å². The molecular formula is C16H28N4O. The molecule has 1 fully saturated rings. The Bertz CT molecular complexity index is 470. The average Bonchev–Trinajstić information content (AvgIpc) is 2.50. The summed E-state index contributed by atoms with van der Waals surface area (Å²) in [7, 11) is 0. The molecule has 1 aromatic heterocycles. The number of nitrogens with one attached hydrogen (secondary N) is 2.